The molecule has 0 aromatic heterocycles. The quantitative estimate of drug-likeness (QED) is 0.258. The van der Waals surface area contributed by atoms with Crippen LogP contribution in [-0.4, -0.2) is 79.1 Å². The molecule has 0 radical (unpaired) electrons. The number of hydrogen-bond donors (Lipinski definition) is 1. The molecule has 9 heteroatoms. The second-order valence-electron chi connectivity index (χ2n) is 8.49. The van der Waals surface area contributed by atoms with Gasteiger partial charge < -0.3 is 29.1 Å². The van der Waals surface area contributed by atoms with Gasteiger partial charge in [0.2, 0.25) is 0 Å². The smallest absolute Gasteiger partial charge is 0.337 e. The first-order chi connectivity index (χ1) is 17.4. The first-order valence-corrected chi connectivity index (χ1v) is 12.0. The standard InChI is InChI=1S/C27H30N2O7/c1-4-28(5-2)12-13-29-23(17-6-8-18(9-7-17)27(33)34-3)22(25(31)26(29)32)24(30)19-10-11-20-21(16-19)36-15-14-35-20/h6-11,16,23,30H,4-5,12-15H2,1-3H3/b24-22+/t23-/m0/s1. The second kappa shape index (κ2) is 10.8. The van der Waals surface area contributed by atoms with Crippen molar-refractivity contribution in [2.24, 2.45) is 0 Å². The molecular weight excluding hydrogens is 464 g/mol. The SMILES string of the molecule is CCN(CC)CCN1C(=O)C(=O)/C(=C(/O)c2ccc3c(c2)OCCO3)[C@@H]1c1ccc(C(=O)OC)cc1. The third-order valence-corrected chi connectivity index (χ3v) is 6.55. The van der Waals surface area contributed by atoms with Gasteiger partial charge in [-0.05, 0) is 49.0 Å². The number of rotatable bonds is 8. The summed E-state index contributed by atoms with van der Waals surface area (Å²) in [5, 5.41) is 11.3. The number of Topliss-reactive ketones (excluding diaryl/α,β-unsaturated/α-hetero) is 1. The maximum atomic E-state index is 13.3. The molecule has 36 heavy (non-hydrogen) atoms. The van der Waals surface area contributed by atoms with Gasteiger partial charge in [0.1, 0.15) is 19.0 Å². The topological polar surface area (TPSA) is 106 Å². The predicted octanol–water partition coefficient (Wildman–Crippen LogP) is 3.01. The van der Waals surface area contributed by atoms with Crippen molar-refractivity contribution in [3.63, 3.8) is 0 Å². The lowest BCUT2D eigenvalue weighted by Gasteiger charge is -2.28. The lowest BCUT2D eigenvalue weighted by molar-refractivity contribution is -0.140. The number of fused-ring (bicyclic) bond motifs is 1. The Balaban J connectivity index is 1.78. The van der Waals surface area contributed by atoms with Crippen LogP contribution < -0.4 is 9.47 Å². The molecule has 2 aliphatic rings. The number of likely N-dealkylation sites (tertiary alicyclic amines) is 1. The summed E-state index contributed by atoms with van der Waals surface area (Å²) in [5.74, 6) is -1.22. The fraction of sp³-hybridized carbons (Fsp3) is 0.370. The van der Waals surface area contributed by atoms with Crippen molar-refractivity contribution in [3.8, 4) is 11.5 Å². The Labute approximate surface area is 209 Å². The van der Waals surface area contributed by atoms with Gasteiger partial charge in [-0.2, -0.15) is 0 Å². The van der Waals surface area contributed by atoms with Crippen molar-refractivity contribution in [2.75, 3.05) is 46.5 Å². The van der Waals surface area contributed by atoms with Crippen LogP contribution >= 0.6 is 0 Å². The number of benzene rings is 2. The van der Waals surface area contributed by atoms with Crippen LogP contribution in [-0.2, 0) is 14.3 Å². The van der Waals surface area contributed by atoms with E-state index in [2.05, 4.69) is 4.90 Å². The molecule has 0 bridgehead atoms. The van der Waals surface area contributed by atoms with Crippen LogP contribution in [0, 0.1) is 0 Å². The second-order valence-corrected chi connectivity index (χ2v) is 8.49. The number of aliphatic hydroxyl groups excluding tert-OH is 1. The zero-order chi connectivity index (χ0) is 25.8. The molecular formula is C27H30N2O7. The summed E-state index contributed by atoms with van der Waals surface area (Å²) in [6.45, 7) is 7.34. The molecule has 0 aliphatic carbocycles. The third kappa shape index (κ3) is 4.79. The molecule has 1 atom stereocenters. The number of ether oxygens (including phenoxy) is 3. The first kappa shape index (κ1) is 25.2. The number of likely N-dealkylation sites (N-methyl/N-ethyl adjacent to an activating group) is 1. The molecule has 0 saturated carbocycles. The summed E-state index contributed by atoms with van der Waals surface area (Å²) in [6.07, 6.45) is 0. The zero-order valence-corrected chi connectivity index (χ0v) is 20.7. The molecule has 1 saturated heterocycles. The number of carbonyl (C=O) groups is 3. The summed E-state index contributed by atoms with van der Waals surface area (Å²) >= 11 is 0. The van der Waals surface area contributed by atoms with Crippen LogP contribution in [0.15, 0.2) is 48.0 Å². The van der Waals surface area contributed by atoms with E-state index in [9.17, 15) is 19.5 Å². The highest BCUT2D eigenvalue weighted by atomic mass is 16.6. The molecule has 0 unspecified atom stereocenters. The molecule has 1 N–H and O–H groups in total. The molecule has 1 amide bonds. The van der Waals surface area contributed by atoms with Gasteiger partial charge in [-0.1, -0.05) is 26.0 Å². The fourth-order valence-electron chi connectivity index (χ4n) is 4.51. The van der Waals surface area contributed by atoms with Crippen LogP contribution in [0.1, 0.15) is 41.4 Å². The average Bonchev–Trinajstić information content (AvgIpc) is 3.17. The van der Waals surface area contributed by atoms with E-state index in [1.165, 1.54) is 12.0 Å². The first-order valence-electron chi connectivity index (χ1n) is 12.0. The van der Waals surface area contributed by atoms with Crippen LogP contribution in [0.25, 0.3) is 5.76 Å². The van der Waals surface area contributed by atoms with Crippen LogP contribution in [0.4, 0.5) is 0 Å². The van der Waals surface area contributed by atoms with Crippen molar-refractivity contribution >= 4 is 23.4 Å². The Kier molecular flexibility index (Phi) is 7.59. The van der Waals surface area contributed by atoms with Gasteiger partial charge in [0, 0.05) is 18.7 Å². The van der Waals surface area contributed by atoms with Gasteiger partial charge in [-0.3, -0.25) is 9.59 Å². The minimum Gasteiger partial charge on any atom is -0.507 e. The number of methoxy groups -OCH3 is 1. The Morgan fingerprint density at radius 1 is 1.03 bits per heavy atom. The van der Waals surface area contributed by atoms with E-state index in [1.54, 1.807) is 42.5 Å². The van der Waals surface area contributed by atoms with E-state index >= 15 is 0 Å². The number of hydrogen-bond acceptors (Lipinski definition) is 8. The van der Waals surface area contributed by atoms with Crippen molar-refractivity contribution < 1.29 is 33.7 Å². The Bertz CT molecular complexity index is 1190. The normalized spacial score (nSPS) is 18.6. The van der Waals surface area contributed by atoms with Gasteiger partial charge in [0.05, 0.1) is 24.3 Å². The summed E-state index contributed by atoms with van der Waals surface area (Å²) in [6, 6.07) is 10.6. The van der Waals surface area contributed by atoms with Gasteiger partial charge in [-0.15, -0.1) is 0 Å². The summed E-state index contributed by atoms with van der Waals surface area (Å²) in [7, 11) is 1.30. The molecule has 190 valence electrons. The molecule has 2 aromatic rings. The van der Waals surface area contributed by atoms with Gasteiger partial charge >= 0.3 is 5.97 Å². The van der Waals surface area contributed by atoms with Crippen LogP contribution in [0.2, 0.25) is 0 Å². The minimum atomic E-state index is -0.819. The van der Waals surface area contributed by atoms with Crippen molar-refractivity contribution in [1.29, 1.82) is 0 Å². The molecule has 0 spiro atoms. The lowest BCUT2D eigenvalue weighted by Crippen LogP contribution is -2.38. The van der Waals surface area contributed by atoms with Crippen molar-refractivity contribution in [2.45, 2.75) is 19.9 Å². The molecule has 4 rings (SSSR count). The number of nitrogens with zero attached hydrogens (tertiary/aromatic N) is 2. The average molecular weight is 495 g/mol. The molecule has 2 heterocycles. The predicted molar refractivity (Wildman–Crippen MR) is 132 cm³/mol. The highest BCUT2D eigenvalue weighted by Crippen LogP contribution is 2.41. The number of ketones is 1. The number of amides is 1. The van der Waals surface area contributed by atoms with Crippen molar-refractivity contribution in [1.82, 2.24) is 9.80 Å². The number of carbonyl (C=O) groups excluding carboxylic acids is 3. The van der Waals surface area contributed by atoms with Gasteiger partial charge in [0.15, 0.2) is 11.5 Å². The maximum Gasteiger partial charge on any atom is 0.337 e. The summed E-state index contributed by atoms with van der Waals surface area (Å²) < 4.78 is 15.9. The highest BCUT2D eigenvalue weighted by Gasteiger charge is 2.46. The lowest BCUT2D eigenvalue weighted by atomic mass is 9.94. The Morgan fingerprint density at radius 2 is 1.67 bits per heavy atom. The largest absolute Gasteiger partial charge is 0.507 e. The number of esters is 1. The van der Waals surface area contributed by atoms with E-state index in [1.807, 2.05) is 13.8 Å². The monoisotopic (exact) mass is 494 g/mol. The molecule has 1 fully saturated rings. The molecule has 9 nitrogen and oxygen atoms in total. The highest BCUT2D eigenvalue weighted by molar-refractivity contribution is 6.46. The molecule has 2 aliphatic heterocycles. The van der Waals surface area contributed by atoms with E-state index in [0.717, 1.165) is 13.1 Å². The van der Waals surface area contributed by atoms with E-state index < -0.39 is 23.7 Å². The van der Waals surface area contributed by atoms with E-state index in [-0.39, 0.29) is 11.3 Å². The van der Waals surface area contributed by atoms with E-state index in [4.69, 9.17) is 14.2 Å². The number of aliphatic hydroxyl groups is 1. The van der Waals surface area contributed by atoms with Crippen LogP contribution in [0.3, 0.4) is 0 Å². The Hall–Kier alpha value is -3.85. The summed E-state index contributed by atoms with van der Waals surface area (Å²) in [4.78, 5) is 42.0. The minimum absolute atomic E-state index is 0.0120. The van der Waals surface area contributed by atoms with Gasteiger partial charge in [0.25, 0.3) is 11.7 Å². The van der Waals surface area contributed by atoms with Gasteiger partial charge in [-0.25, -0.2) is 4.79 Å². The molecule has 2 aromatic carbocycles. The third-order valence-electron chi connectivity index (χ3n) is 6.55. The fourth-order valence-corrected chi connectivity index (χ4v) is 4.51. The van der Waals surface area contributed by atoms with E-state index in [0.29, 0.717) is 54.5 Å². The maximum absolute atomic E-state index is 13.3. The zero-order valence-electron chi connectivity index (χ0n) is 20.7. The van der Waals surface area contributed by atoms with Crippen LogP contribution in [0.5, 0.6) is 11.5 Å². The summed E-state index contributed by atoms with van der Waals surface area (Å²) in [5.41, 5.74) is 1.27. The van der Waals surface area contributed by atoms with Crippen molar-refractivity contribution in [3.05, 3.63) is 64.7 Å². The Morgan fingerprint density at radius 3 is 2.31 bits per heavy atom.